The summed E-state index contributed by atoms with van der Waals surface area (Å²) in [5, 5.41) is 2.42. The summed E-state index contributed by atoms with van der Waals surface area (Å²) in [5.41, 5.74) is 0.371. The summed E-state index contributed by atoms with van der Waals surface area (Å²) in [7, 11) is 1.19. The molecule has 2 amide bonds. The van der Waals surface area contributed by atoms with Gasteiger partial charge in [-0.25, -0.2) is 18.6 Å². The average Bonchev–Trinajstić information content (AvgIpc) is 2.35. The van der Waals surface area contributed by atoms with Crippen molar-refractivity contribution in [2.24, 2.45) is 10.9 Å². The first-order valence-electron chi connectivity index (χ1n) is 5.82. The van der Waals surface area contributed by atoms with Gasteiger partial charge in [0.05, 0.1) is 13.2 Å². The van der Waals surface area contributed by atoms with E-state index in [9.17, 15) is 18.4 Å². The number of rotatable bonds is 2. The lowest BCUT2D eigenvalue weighted by molar-refractivity contribution is -0.143. The minimum atomic E-state index is -0.919. The van der Waals surface area contributed by atoms with Crippen LogP contribution in [0.2, 0.25) is 0 Å². The molecule has 20 heavy (non-hydrogen) atoms. The molecule has 1 N–H and O–H groups in total. The van der Waals surface area contributed by atoms with Crippen LogP contribution in [0.1, 0.15) is 18.5 Å². The second-order valence-corrected chi connectivity index (χ2v) is 4.38. The topological polar surface area (TPSA) is 67.8 Å². The van der Waals surface area contributed by atoms with Gasteiger partial charge in [-0.15, -0.1) is 0 Å². The number of carbonyl (C=O) groups excluding carboxylic acids is 2. The molecule has 0 aromatic heterocycles. The van der Waals surface area contributed by atoms with Crippen molar-refractivity contribution in [3.63, 3.8) is 0 Å². The Morgan fingerprint density at radius 3 is 2.45 bits per heavy atom. The van der Waals surface area contributed by atoms with Gasteiger partial charge >= 0.3 is 12.0 Å². The highest BCUT2D eigenvalue weighted by atomic mass is 19.1. The molecule has 7 heteroatoms. The third-order valence-electron chi connectivity index (χ3n) is 3.04. The van der Waals surface area contributed by atoms with E-state index in [4.69, 9.17) is 0 Å². The van der Waals surface area contributed by atoms with Gasteiger partial charge in [-0.3, -0.25) is 4.79 Å². The number of hydrogen-bond acceptors (Lipinski definition) is 3. The molecule has 1 heterocycles. The molecule has 2 atom stereocenters. The summed E-state index contributed by atoms with van der Waals surface area (Å²) in [6.07, 6.45) is 0. The zero-order chi connectivity index (χ0) is 14.9. The number of hydrogen-bond donors (Lipinski definition) is 1. The molecule has 0 saturated carbocycles. The fraction of sp³-hybridized carbons (Fsp3) is 0.308. The third kappa shape index (κ3) is 2.66. The second kappa shape index (κ2) is 5.36. The van der Waals surface area contributed by atoms with E-state index in [1.807, 2.05) is 0 Å². The Balaban J connectivity index is 2.48. The molecule has 0 fully saturated rings. The maximum absolute atomic E-state index is 13.3. The van der Waals surface area contributed by atoms with Crippen LogP contribution in [-0.2, 0) is 9.53 Å². The number of benzene rings is 1. The minimum absolute atomic E-state index is 0.139. The van der Waals surface area contributed by atoms with E-state index in [2.05, 4.69) is 15.0 Å². The van der Waals surface area contributed by atoms with Crippen molar-refractivity contribution in [3.8, 4) is 0 Å². The molecule has 106 valence electrons. The lowest BCUT2D eigenvalue weighted by atomic mass is 9.88. The Morgan fingerprint density at radius 2 is 1.90 bits per heavy atom. The van der Waals surface area contributed by atoms with E-state index in [0.29, 0.717) is 6.07 Å². The van der Waals surface area contributed by atoms with Gasteiger partial charge in [-0.1, -0.05) is 0 Å². The number of esters is 1. The number of nitrogens with one attached hydrogen (secondary N) is 1. The first-order chi connectivity index (χ1) is 9.42. The Bertz CT molecular complexity index is 581. The zero-order valence-electron chi connectivity index (χ0n) is 10.8. The summed E-state index contributed by atoms with van der Waals surface area (Å²) >= 11 is 0. The molecule has 0 aliphatic carbocycles. The van der Waals surface area contributed by atoms with Crippen LogP contribution in [0.3, 0.4) is 0 Å². The molecule has 5 nitrogen and oxygen atoms in total. The van der Waals surface area contributed by atoms with Crippen LogP contribution in [0.5, 0.6) is 0 Å². The summed E-state index contributed by atoms with van der Waals surface area (Å²) in [4.78, 5) is 26.9. The number of aliphatic imine (C=N–C) groups is 1. The van der Waals surface area contributed by atoms with Crippen molar-refractivity contribution >= 4 is 17.7 Å². The van der Waals surface area contributed by atoms with E-state index in [-0.39, 0.29) is 11.3 Å². The van der Waals surface area contributed by atoms with Crippen molar-refractivity contribution in [2.75, 3.05) is 7.11 Å². The quantitative estimate of drug-likeness (QED) is 0.843. The van der Waals surface area contributed by atoms with Crippen LogP contribution < -0.4 is 5.32 Å². The summed E-state index contributed by atoms with van der Waals surface area (Å²) in [6, 6.07) is 1.24. The molecule has 1 aromatic rings. The van der Waals surface area contributed by atoms with Gasteiger partial charge in [-0.05, 0) is 24.6 Å². The van der Waals surface area contributed by atoms with Crippen LogP contribution in [-0.4, -0.2) is 24.8 Å². The highest BCUT2D eigenvalue weighted by Gasteiger charge is 2.37. The smallest absolute Gasteiger partial charge is 0.341 e. The number of urea groups is 1. The number of ether oxygens (including phenoxy) is 1. The fourth-order valence-electron chi connectivity index (χ4n) is 2.18. The standard InChI is InChI=1S/C13H12F2N2O3/c1-6-10(12(18)20-2)11(17-13(19)16-6)7-3-8(14)5-9(15)4-7/h3-5,10-11H,1-2H3,(H,17,19). The molecule has 0 bridgehead atoms. The van der Waals surface area contributed by atoms with Crippen molar-refractivity contribution in [1.82, 2.24) is 5.32 Å². The highest BCUT2D eigenvalue weighted by Crippen LogP contribution is 2.28. The van der Waals surface area contributed by atoms with Crippen molar-refractivity contribution < 1.29 is 23.1 Å². The number of carbonyl (C=O) groups is 2. The third-order valence-corrected chi connectivity index (χ3v) is 3.04. The maximum Gasteiger partial charge on any atom is 0.341 e. The molecule has 0 radical (unpaired) electrons. The lowest BCUT2D eigenvalue weighted by Gasteiger charge is -2.29. The molecule has 0 spiro atoms. The van der Waals surface area contributed by atoms with Gasteiger partial charge in [0, 0.05) is 11.8 Å². The summed E-state index contributed by atoms with van der Waals surface area (Å²) in [5.74, 6) is -3.14. The molecule has 0 saturated heterocycles. The first kappa shape index (κ1) is 14.1. The van der Waals surface area contributed by atoms with Gasteiger partial charge in [0.15, 0.2) is 0 Å². The average molecular weight is 282 g/mol. The minimum Gasteiger partial charge on any atom is -0.468 e. The Kier molecular flexibility index (Phi) is 3.78. The van der Waals surface area contributed by atoms with Gasteiger partial charge in [-0.2, -0.15) is 0 Å². The Labute approximate surface area is 113 Å². The van der Waals surface area contributed by atoms with Crippen LogP contribution in [0.25, 0.3) is 0 Å². The number of nitrogens with zero attached hydrogens (tertiary/aromatic N) is 1. The van der Waals surface area contributed by atoms with Gasteiger partial charge in [0.2, 0.25) is 0 Å². The molecule has 2 unspecified atom stereocenters. The van der Waals surface area contributed by atoms with Gasteiger partial charge in [0.25, 0.3) is 0 Å². The Morgan fingerprint density at radius 1 is 1.30 bits per heavy atom. The lowest BCUT2D eigenvalue weighted by Crippen LogP contribution is -2.44. The zero-order valence-corrected chi connectivity index (χ0v) is 10.8. The van der Waals surface area contributed by atoms with Crippen LogP contribution >= 0.6 is 0 Å². The molecular weight excluding hydrogens is 270 g/mol. The molecule has 1 aromatic carbocycles. The van der Waals surface area contributed by atoms with Crippen molar-refractivity contribution in [1.29, 1.82) is 0 Å². The predicted molar refractivity (Wildman–Crippen MR) is 66.2 cm³/mol. The van der Waals surface area contributed by atoms with Crippen LogP contribution in [0.4, 0.5) is 13.6 Å². The molecule has 1 aliphatic rings. The molecule has 2 rings (SSSR count). The first-order valence-corrected chi connectivity index (χ1v) is 5.82. The summed E-state index contributed by atoms with van der Waals surface area (Å²) in [6.45, 7) is 1.49. The van der Waals surface area contributed by atoms with E-state index in [1.165, 1.54) is 14.0 Å². The van der Waals surface area contributed by atoms with Gasteiger partial charge < -0.3 is 10.1 Å². The van der Waals surface area contributed by atoms with Crippen LogP contribution in [0, 0.1) is 17.6 Å². The maximum atomic E-state index is 13.3. The largest absolute Gasteiger partial charge is 0.468 e. The highest BCUT2D eigenvalue weighted by molar-refractivity contribution is 6.08. The number of methoxy groups -OCH3 is 1. The SMILES string of the molecule is COC(=O)C1C(C)=NC(=O)NC1c1cc(F)cc(F)c1. The van der Waals surface area contributed by atoms with E-state index in [0.717, 1.165) is 12.1 Å². The summed E-state index contributed by atoms with van der Waals surface area (Å²) < 4.78 is 31.2. The van der Waals surface area contributed by atoms with Crippen molar-refractivity contribution in [2.45, 2.75) is 13.0 Å². The monoisotopic (exact) mass is 282 g/mol. The number of amides is 2. The van der Waals surface area contributed by atoms with Gasteiger partial charge in [0.1, 0.15) is 17.6 Å². The second-order valence-electron chi connectivity index (χ2n) is 4.38. The Hall–Kier alpha value is -2.31. The number of halogens is 2. The molecule has 1 aliphatic heterocycles. The van der Waals surface area contributed by atoms with E-state index >= 15 is 0 Å². The van der Waals surface area contributed by atoms with E-state index in [1.54, 1.807) is 0 Å². The normalized spacial score (nSPS) is 22.0. The fourth-order valence-corrected chi connectivity index (χ4v) is 2.18. The van der Waals surface area contributed by atoms with Crippen molar-refractivity contribution in [3.05, 3.63) is 35.4 Å². The van der Waals surface area contributed by atoms with E-state index < -0.39 is 35.6 Å². The van der Waals surface area contributed by atoms with Crippen LogP contribution in [0.15, 0.2) is 23.2 Å². The molecular formula is C13H12F2N2O3. The predicted octanol–water partition coefficient (Wildman–Crippen LogP) is 1.98.